The SMILES string of the molecule is CC(C)(C)c1ccc(N(c2ccc3c(c2)-c2ccc4ccccc4c2C3(C)C)c2ccc3ccccc3c2-c2cccc3c2-c2ccccc2C3(C)C)cc1. The van der Waals surface area contributed by atoms with E-state index < -0.39 is 0 Å². The molecule has 0 amide bonds. The maximum atomic E-state index is 2.52. The molecule has 0 saturated heterocycles. The van der Waals surface area contributed by atoms with Crippen molar-refractivity contribution in [3.63, 3.8) is 0 Å². The van der Waals surface area contributed by atoms with Crippen LogP contribution in [0.5, 0.6) is 0 Å². The van der Waals surface area contributed by atoms with Gasteiger partial charge in [-0.25, -0.2) is 0 Å². The Balaban J connectivity index is 1.27. The predicted molar refractivity (Wildman–Crippen MR) is 235 cm³/mol. The molecule has 0 fully saturated rings. The van der Waals surface area contributed by atoms with Crippen molar-refractivity contribution in [1.29, 1.82) is 0 Å². The first kappa shape index (κ1) is 33.6. The average molecular weight is 710 g/mol. The van der Waals surface area contributed by atoms with Crippen LogP contribution in [0, 0.1) is 0 Å². The third-order valence-corrected chi connectivity index (χ3v) is 12.8. The Labute approximate surface area is 325 Å². The molecule has 2 aliphatic rings. The number of nitrogens with zero attached hydrogens (tertiary/aromatic N) is 1. The van der Waals surface area contributed by atoms with Gasteiger partial charge in [0.2, 0.25) is 0 Å². The first-order valence-corrected chi connectivity index (χ1v) is 19.8. The van der Waals surface area contributed by atoms with Crippen LogP contribution in [0.25, 0.3) is 54.9 Å². The zero-order chi connectivity index (χ0) is 37.9. The van der Waals surface area contributed by atoms with Crippen molar-refractivity contribution in [2.45, 2.75) is 64.7 Å². The predicted octanol–water partition coefficient (Wildman–Crippen LogP) is 15.0. The standard InChI is InChI=1S/C54H47N/c1-52(2,3)36-25-27-37(28-26-36)55(38-29-31-46-44(33-38)41-30-23-35-16-9-11-18-40(35)51(41)54(46,6)7)48-32-24-34-15-8-10-17-39(34)50(48)43-20-14-22-47-49(43)42-19-12-13-21-45(42)53(47,4)5/h8-33H,1-7H3. The van der Waals surface area contributed by atoms with Gasteiger partial charge in [0.15, 0.2) is 0 Å². The zero-order valence-corrected chi connectivity index (χ0v) is 33.0. The van der Waals surface area contributed by atoms with Crippen molar-refractivity contribution in [3.05, 3.63) is 186 Å². The molecule has 0 bridgehead atoms. The van der Waals surface area contributed by atoms with E-state index in [0.717, 1.165) is 11.4 Å². The molecular formula is C54H47N. The van der Waals surface area contributed by atoms with E-state index in [9.17, 15) is 0 Å². The van der Waals surface area contributed by atoms with Crippen molar-refractivity contribution < 1.29 is 0 Å². The van der Waals surface area contributed by atoms with Crippen LogP contribution >= 0.6 is 0 Å². The lowest BCUT2D eigenvalue weighted by molar-refractivity contribution is 0.590. The normalized spacial score (nSPS) is 14.7. The largest absolute Gasteiger partial charge is 0.310 e. The summed E-state index contributed by atoms with van der Waals surface area (Å²) in [7, 11) is 0. The highest BCUT2D eigenvalue weighted by molar-refractivity contribution is 6.10. The summed E-state index contributed by atoms with van der Waals surface area (Å²) in [5.74, 6) is 0. The summed E-state index contributed by atoms with van der Waals surface area (Å²) in [6.45, 7) is 16.4. The highest BCUT2D eigenvalue weighted by Crippen LogP contribution is 2.56. The minimum atomic E-state index is -0.123. The summed E-state index contributed by atoms with van der Waals surface area (Å²) < 4.78 is 0. The van der Waals surface area contributed by atoms with Gasteiger partial charge in [-0.2, -0.15) is 0 Å². The van der Waals surface area contributed by atoms with Gasteiger partial charge in [-0.15, -0.1) is 0 Å². The summed E-state index contributed by atoms with van der Waals surface area (Å²) >= 11 is 0. The molecule has 8 aromatic carbocycles. The summed E-state index contributed by atoms with van der Waals surface area (Å²) in [4.78, 5) is 2.52. The molecule has 1 heteroatoms. The molecule has 0 unspecified atom stereocenters. The molecule has 0 atom stereocenters. The third-order valence-electron chi connectivity index (χ3n) is 12.8. The lowest BCUT2D eigenvalue weighted by atomic mass is 9.80. The number of fused-ring (bicyclic) bond motifs is 9. The Morgan fingerprint density at radius 1 is 0.418 bits per heavy atom. The lowest BCUT2D eigenvalue weighted by Gasteiger charge is -2.31. The summed E-state index contributed by atoms with van der Waals surface area (Å²) in [6.07, 6.45) is 0. The summed E-state index contributed by atoms with van der Waals surface area (Å²) in [5, 5.41) is 5.13. The van der Waals surface area contributed by atoms with E-state index in [-0.39, 0.29) is 16.2 Å². The lowest BCUT2D eigenvalue weighted by Crippen LogP contribution is -2.16. The van der Waals surface area contributed by atoms with E-state index in [0.29, 0.717) is 0 Å². The highest BCUT2D eigenvalue weighted by atomic mass is 15.1. The molecule has 268 valence electrons. The molecule has 8 aromatic rings. The van der Waals surface area contributed by atoms with Crippen molar-refractivity contribution in [3.8, 4) is 33.4 Å². The van der Waals surface area contributed by atoms with Gasteiger partial charge in [0.1, 0.15) is 0 Å². The van der Waals surface area contributed by atoms with Crippen molar-refractivity contribution in [2.24, 2.45) is 0 Å². The number of hydrogen-bond donors (Lipinski definition) is 0. The van der Waals surface area contributed by atoms with Crippen LogP contribution in [0.15, 0.2) is 158 Å². The van der Waals surface area contributed by atoms with Gasteiger partial charge in [0.25, 0.3) is 0 Å². The Morgan fingerprint density at radius 3 is 1.78 bits per heavy atom. The smallest absolute Gasteiger partial charge is 0.0546 e. The first-order valence-electron chi connectivity index (χ1n) is 19.8. The van der Waals surface area contributed by atoms with E-state index in [1.165, 1.54) is 88.4 Å². The second-order valence-corrected chi connectivity index (χ2v) is 17.8. The van der Waals surface area contributed by atoms with E-state index in [2.05, 4.69) is 211 Å². The van der Waals surface area contributed by atoms with Gasteiger partial charge >= 0.3 is 0 Å². The zero-order valence-electron chi connectivity index (χ0n) is 33.0. The number of rotatable bonds is 4. The Kier molecular flexibility index (Phi) is 7.21. The Morgan fingerprint density at radius 2 is 1.02 bits per heavy atom. The molecule has 55 heavy (non-hydrogen) atoms. The van der Waals surface area contributed by atoms with Gasteiger partial charge in [-0.1, -0.05) is 176 Å². The van der Waals surface area contributed by atoms with E-state index in [1.807, 2.05) is 0 Å². The fraction of sp³-hybridized carbons (Fsp3) is 0.185. The molecule has 0 aliphatic heterocycles. The molecule has 10 rings (SSSR count). The van der Waals surface area contributed by atoms with Crippen molar-refractivity contribution in [1.82, 2.24) is 0 Å². The van der Waals surface area contributed by atoms with Crippen molar-refractivity contribution >= 4 is 38.6 Å². The molecule has 0 saturated carbocycles. The second-order valence-electron chi connectivity index (χ2n) is 17.8. The quantitative estimate of drug-likeness (QED) is 0.176. The molecule has 0 N–H and O–H groups in total. The minimum Gasteiger partial charge on any atom is -0.310 e. The average Bonchev–Trinajstić information content (AvgIpc) is 3.57. The highest BCUT2D eigenvalue weighted by Gasteiger charge is 2.39. The van der Waals surface area contributed by atoms with Crippen LogP contribution in [0.4, 0.5) is 17.1 Å². The van der Waals surface area contributed by atoms with E-state index >= 15 is 0 Å². The topological polar surface area (TPSA) is 3.24 Å². The molecule has 0 radical (unpaired) electrons. The van der Waals surface area contributed by atoms with Crippen LogP contribution in [0.1, 0.15) is 76.3 Å². The summed E-state index contributed by atoms with van der Waals surface area (Å²) in [6, 6.07) is 59.6. The third kappa shape index (κ3) is 4.92. The molecule has 0 spiro atoms. The van der Waals surface area contributed by atoms with Gasteiger partial charge in [-0.3, -0.25) is 0 Å². The molecular weight excluding hydrogens is 663 g/mol. The molecule has 0 heterocycles. The van der Waals surface area contributed by atoms with Crippen LogP contribution in [-0.4, -0.2) is 0 Å². The number of hydrogen-bond acceptors (Lipinski definition) is 1. The Hall–Kier alpha value is -5.92. The van der Waals surface area contributed by atoms with Crippen LogP contribution in [0.3, 0.4) is 0 Å². The van der Waals surface area contributed by atoms with Gasteiger partial charge in [-0.05, 0) is 113 Å². The van der Waals surface area contributed by atoms with Gasteiger partial charge < -0.3 is 4.90 Å². The second kappa shape index (κ2) is 11.8. The number of benzene rings is 8. The van der Waals surface area contributed by atoms with Gasteiger partial charge in [0.05, 0.1) is 5.69 Å². The molecule has 2 aliphatic carbocycles. The van der Waals surface area contributed by atoms with Crippen molar-refractivity contribution in [2.75, 3.05) is 4.90 Å². The first-order chi connectivity index (χ1) is 26.4. The maximum absolute atomic E-state index is 2.52. The van der Waals surface area contributed by atoms with Crippen LogP contribution in [0.2, 0.25) is 0 Å². The molecule has 0 aromatic heterocycles. The summed E-state index contributed by atoms with van der Waals surface area (Å²) in [5.41, 5.74) is 18.1. The van der Waals surface area contributed by atoms with Crippen LogP contribution < -0.4 is 4.90 Å². The fourth-order valence-corrected chi connectivity index (χ4v) is 9.97. The van der Waals surface area contributed by atoms with Crippen LogP contribution in [-0.2, 0) is 16.2 Å². The van der Waals surface area contributed by atoms with E-state index in [4.69, 9.17) is 0 Å². The van der Waals surface area contributed by atoms with E-state index in [1.54, 1.807) is 0 Å². The Bertz CT molecular complexity index is 2840. The molecule has 1 nitrogen and oxygen atoms in total. The fourth-order valence-electron chi connectivity index (χ4n) is 9.97. The number of anilines is 3. The maximum Gasteiger partial charge on any atom is 0.0546 e. The monoisotopic (exact) mass is 709 g/mol. The van der Waals surface area contributed by atoms with Gasteiger partial charge in [0, 0.05) is 27.8 Å². The minimum absolute atomic E-state index is 0.0495.